The third kappa shape index (κ3) is 5.95. The largest absolute Gasteiger partial charge is 0.347 e. The van der Waals surface area contributed by atoms with Crippen LogP contribution in [-0.2, 0) is 10.0 Å². The highest BCUT2D eigenvalue weighted by Crippen LogP contribution is 2.20. The first-order valence-corrected chi connectivity index (χ1v) is 11.4. The Labute approximate surface area is 187 Å². The second kappa shape index (κ2) is 9.23. The number of carbonyl (C=O) groups is 2. The summed E-state index contributed by atoms with van der Waals surface area (Å²) < 4.78 is 27.6. The van der Waals surface area contributed by atoms with Crippen LogP contribution in [0.1, 0.15) is 41.5 Å². The number of sulfonamides is 1. The Bertz CT molecular complexity index is 1230. The normalized spacial score (nSPS) is 11.5. The predicted octanol–water partition coefficient (Wildman–Crippen LogP) is 4.27. The Morgan fingerprint density at radius 3 is 2.12 bits per heavy atom. The zero-order valence-electron chi connectivity index (χ0n) is 18.0. The molecule has 0 aliphatic carbocycles. The molecule has 0 saturated heterocycles. The number of anilines is 2. The van der Waals surface area contributed by atoms with Gasteiger partial charge in [-0.1, -0.05) is 36.4 Å². The molecule has 3 N–H and O–H groups in total. The van der Waals surface area contributed by atoms with Crippen LogP contribution in [0.15, 0.2) is 83.8 Å². The average molecular weight is 452 g/mol. The Morgan fingerprint density at radius 1 is 0.781 bits per heavy atom. The first-order valence-electron chi connectivity index (χ1n) is 9.96. The minimum absolute atomic E-state index is 0.119. The highest BCUT2D eigenvalue weighted by molar-refractivity contribution is 7.92. The number of nitrogens with one attached hydrogen (secondary N) is 3. The standard InChI is InChI=1S/C24H25N3O4S/c1-24(2,3)26-23(29)20-14-7-8-15-21(20)25-22(28)17-10-9-11-18(16-17)27-32(30,31)19-12-5-4-6-13-19/h4-16,27H,1-3H3,(H,25,28)(H,26,29). The fourth-order valence-corrected chi connectivity index (χ4v) is 4.00. The van der Waals surface area contributed by atoms with E-state index in [4.69, 9.17) is 0 Å². The molecule has 3 rings (SSSR count). The summed E-state index contributed by atoms with van der Waals surface area (Å²) in [6.45, 7) is 5.61. The summed E-state index contributed by atoms with van der Waals surface area (Å²) in [5.41, 5.74) is 0.745. The number of rotatable bonds is 6. The number of hydrogen-bond donors (Lipinski definition) is 3. The molecule has 0 spiro atoms. The van der Waals surface area contributed by atoms with E-state index in [1.165, 1.54) is 18.2 Å². The molecule has 7 nitrogen and oxygen atoms in total. The number of carbonyl (C=O) groups excluding carboxylic acids is 2. The fraction of sp³-hybridized carbons (Fsp3) is 0.167. The van der Waals surface area contributed by atoms with E-state index in [1.54, 1.807) is 60.7 Å². The molecule has 0 aliphatic heterocycles. The van der Waals surface area contributed by atoms with Crippen molar-refractivity contribution in [3.8, 4) is 0 Å². The van der Waals surface area contributed by atoms with E-state index < -0.39 is 21.5 Å². The van der Waals surface area contributed by atoms with Crippen molar-refractivity contribution in [3.05, 3.63) is 90.0 Å². The van der Waals surface area contributed by atoms with Gasteiger partial charge in [0.1, 0.15) is 0 Å². The number of benzene rings is 3. The van der Waals surface area contributed by atoms with Gasteiger partial charge in [0.15, 0.2) is 0 Å². The maximum atomic E-state index is 12.8. The molecule has 0 unspecified atom stereocenters. The van der Waals surface area contributed by atoms with Crippen molar-refractivity contribution in [2.24, 2.45) is 0 Å². The van der Waals surface area contributed by atoms with Crippen molar-refractivity contribution in [3.63, 3.8) is 0 Å². The lowest BCUT2D eigenvalue weighted by atomic mass is 10.1. The highest BCUT2D eigenvalue weighted by Gasteiger charge is 2.19. The van der Waals surface area contributed by atoms with Gasteiger partial charge in [-0.3, -0.25) is 14.3 Å². The van der Waals surface area contributed by atoms with E-state index in [2.05, 4.69) is 15.4 Å². The molecule has 166 valence electrons. The molecular weight excluding hydrogens is 426 g/mol. The first-order chi connectivity index (χ1) is 15.0. The fourth-order valence-electron chi connectivity index (χ4n) is 2.93. The summed E-state index contributed by atoms with van der Waals surface area (Å²) in [4.78, 5) is 25.6. The van der Waals surface area contributed by atoms with E-state index >= 15 is 0 Å². The smallest absolute Gasteiger partial charge is 0.261 e. The lowest BCUT2D eigenvalue weighted by Crippen LogP contribution is -2.40. The Balaban J connectivity index is 1.80. The van der Waals surface area contributed by atoms with Crippen LogP contribution in [0.25, 0.3) is 0 Å². The van der Waals surface area contributed by atoms with Gasteiger partial charge >= 0.3 is 0 Å². The van der Waals surface area contributed by atoms with Gasteiger partial charge in [0.2, 0.25) is 0 Å². The van der Waals surface area contributed by atoms with Gasteiger partial charge in [-0.2, -0.15) is 0 Å². The minimum atomic E-state index is -3.78. The second-order valence-corrected chi connectivity index (χ2v) is 9.89. The molecule has 0 heterocycles. The van der Waals surface area contributed by atoms with Crippen LogP contribution in [0, 0.1) is 0 Å². The van der Waals surface area contributed by atoms with Crippen molar-refractivity contribution in [2.45, 2.75) is 31.2 Å². The Hall–Kier alpha value is -3.65. The molecule has 0 aliphatic rings. The number of para-hydroxylation sites is 1. The first kappa shape index (κ1) is 23.0. The molecule has 3 aromatic carbocycles. The van der Waals surface area contributed by atoms with Gasteiger partial charge in [-0.15, -0.1) is 0 Å². The number of hydrogen-bond acceptors (Lipinski definition) is 4. The van der Waals surface area contributed by atoms with Gasteiger partial charge < -0.3 is 10.6 Å². The van der Waals surface area contributed by atoms with Gasteiger partial charge in [0.25, 0.3) is 21.8 Å². The molecule has 0 fully saturated rings. The molecule has 32 heavy (non-hydrogen) atoms. The van der Waals surface area contributed by atoms with Crippen molar-refractivity contribution in [2.75, 3.05) is 10.0 Å². The molecule has 3 aromatic rings. The monoisotopic (exact) mass is 451 g/mol. The SMILES string of the molecule is CC(C)(C)NC(=O)c1ccccc1NC(=O)c1cccc(NS(=O)(=O)c2ccccc2)c1. The summed E-state index contributed by atoms with van der Waals surface area (Å²) in [6, 6.07) is 20.8. The molecule has 2 amide bonds. The van der Waals surface area contributed by atoms with Crippen LogP contribution in [0.4, 0.5) is 11.4 Å². The zero-order valence-corrected chi connectivity index (χ0v) is 18.9. The maximum absolute atomic E-state index is 12.8. The van der Waals surface area contributed by atoms with E-state index in [1.807, 2.05) is 20.8 Å². The zero-order chi connectivity index (χ0) is 23.4. The van der Waals surface area contributed by atoms with Crippen molar-refractivity contribution >= 4 is 33.2 Å². The average Bonchev–Trinajstić information content (AvgIpc) is 2.73. The van der Waals surface area contributed by atoms with E-state index in [0.29, 0.717) is 11.3 Å². The predicted molar refractivity (Wildman–Crippen MR) is 125 cm³/mol. The Kier molecular flexibility index (Phi) is 6.64. The summed E-state index contributed by atoms with van der Waals surface area (Å²) in [5, 5.41) is 5.61. The van der Waals surface area contributed by atoms with Crippen LogP contribution < -0.4 is 15.4 Å². The van der Waals surface area contributed by atoms with E-state index in [-0.39, 0.29) is 22.1 Å². The quantitative estimate of drug-likeness (QED) is 0.521. The molecule has 0 saturated carbocycles. The maximum Gasteiger partial charge on any atom is 0.261 e. The third-order valence-corrected chi connectivity index (χ3v) is 5.74. The third-order valence-electron chi connectivity index (χ3n) is 4.34. The van der Waals surface area contributed by atoms with Gasteiger partial charge in [0.05, 0.1) is 16.1 Å². The Morgan fingerprint density at radius 2 is 1.44 bits per heavy atom. The van der Waals surface area contributed by atoms with E-state index in [0.717, 1.165) is 0 Å². The summed E-state index contributed by atoms with van der Waals surface area (Å²) in [7, 11) is -3.78. The van der Waals surface area contributed by atoms with Crippen LogP contribution in [0.2, 0.25) is 0 Å². The molecule has 0 bridgehead atoms. The topological polar surface area (TPSA) is 104 Å². The molecular formula is C24H25N3O4S. The highest BCUT2D eigenvalue weighted by atomic mass is 32.2. The van der Waals surface area contributed by atoms with Crippen molar-refractivity contribution < 1.29 is 18.0 Å². The van der Waals surface area contributed by atoms with Gasteiger partial charge in [-0.25, -0.2) is 8.42 Å². The lowest BCUT2D eigenvalue weighted by Gasteiger charge is -2.21. The van der Waals surface area contributed by atoms with Crippen molar-refractivity contribution in [1.82, 2.24) is 5.32 Å². The molecule has 8 heteroatoms. The summed E-state index contributed by atoms with van der Waals surface area (Å²) >= 11 is 0. The molecule has 0 aromatic heterocycles. The van der Waals surface area contributed by atoms with Crippen molar-refractivity contribution in [1.29, 1.82) is 0 Å². The van der Waals surface area contributed by atoms with Gasteiger partial charge in [0, 0.05) is 16.8 Å². The summed E-state index contributed by atoms with van der Waals surface area (Å²) in [5.74, 6) is -0.778. The lowest BCUT2D eigenvalue weighted by molar-refractivity contribution is 0.0920. The van der Waals surface area contributed by atoms with Crippen LogP contribution in [0.3, 0.4) is 0 Å². The van der Waals surface area contributed by atoms with E-state index in [9.17, 15) is 18.0 Å². The van der Waals surface area contributed by atoms with Crippen LogP contribution in [0.5, 0.6) is 0 Å². The van der Waals surface area contributed by atoms with Crippen LogP contribution >= 0.6 is 0 Å². The van der Waals surface area contributed by atoms with Crippen LogP contribution in [-0.4, -0.2) is 25.8 Å². The second-order valence-electron chi connectivity index (χ2n) is 8.20. The van der Waals surface area contributed by atoms with Gasteiger partial charge in [-0.05, 0) is 63.2 Å². The molecule has 0 radical (unpaired) electrons. The summed E-state index contributed by atoms with van der Waals surface area (Å²) in [6.07, 6.45) is 0. The minimum Gasteiger partial charge on any atom is -0.347 e. The number of amides is 2. The molecule has 0 atom stereocenters.